The van der Waals surface area contributed by atoms with Gasteiger partial charge >= 0.3 is 0 Å². The number of carbonyl (C=O) groups is 1. The number of amides is 1. The van der Waals surface area contributed by atoms with Crippen molar-refractivity contribution < 1.29 is 14.6 Å². The first-order valence-electron chi connectivity index (χ1n) is 8.54. The van der Waals surface area contributed by atoms with Crippen molar-refractivity contribution in [2.75, 3.05) is 19.7 Å². The van der Waals surface area contributed by atoms with E-state index in [2.05, 4.69) is 5.32 Å². The first-order chi connectivity index (χ1) is 12.1. The zero-order valence-corrected chi connectivity index (χ0v) is 14.8. The standard InChI is InChI=1S/C20H26N2O3/c1-3-15-7-5-9-17(12-16-8-4-6-14(2)19(16)24)20(15)25-13-18(23)22-11-10-21/h4-9,24H,3,10-13,21H2,1-2H3,(H,22,23). The van der Waals surface area contributed by atoms with Crippen LogP contribution in [0.25, 0.3) is 0 Å². The van der Waals surface area contributed by atoms with Crippen LogP contribution in [0.2, 0.25) is 0 Å². The molecule has 0 aliphatic carbocycles. The number of carbonyl (C=O) groups excluding carboxylic acids is 1. The Hall–Kier alpha value is -2.53. The molecule has 2 aromatic carbocycles. The summed E-state index contributed by atoms with van der Waals surface area (Å²) >= 11 is 0. The minimum absolute atomic E-state index is 0.0518. The molecule has 0 fully saturated rings. The van der Waals surface area contributed by atoms with Crippen LogP contribution in [-0.2, 0) is 17.6 Å². The number of benzene rings is 2. The highest BCUT2D eigenvalue weighted by atomic mass is 16.5. The SMILES string of the molecule is CCc1cccc(Cc2cccc(C)c2O)c1OCC(=O)NCCN. The van der Waals surface area contributed by atoms with Crippen LogP contribution in [0, 0.1) is 6.92 Å². The molecule has 25 heavy (non-hydrogen) atoms. The highest BCUT2D eigenvalue weighted by Crippen LogP contribution is 2.30. The number of phenols is 1. The lowest BCUT2D eigenvalue weighted by Gasteiger charge is -2.16. The van der Waals surface area contributed by atoms with Gasteiger partial charge < -0.3 is 20.9 Å². The molecule has 0 radical (unpaired) electrons. The van der Waals surface area contributed by atoms with Crippen molar-refractivity contribution in [3.63, 3.8) is 0 Å². The number of para-hydroxylation sites is 2. The van der Waals surface area contributed by atoms with Crippen LogP contribution >= 0.6 is 0 Å². The fraction of sp³-hybridized carbons (Fsp3) is 0.350. The number of aryl methyl sites for hydroxylation is 2. The fourth-order valence-corrected chi connectivity index (χ4v) is 2.71. The lowest BCUT2D eigenvalue weighted by Crippen LogP contribution is -2.33. The number of nitrogens with two attached hydrogens (primary N) is 1. The van der Waals surface area contributed by atoms with Crippen LogP contribution < -0.4 is 15.8 Å². The second kappa shape index (κ2) is 9.08. The minimum atomic E-state index is -0.194. The molecule has 2 rings (SSSR count). The van der Waals surface area contributed by atoms with Crippen LogP contribution in [0.15, 0.2) is 36.4 Å². The van der Waals surface area contributed by atoms with E-state index in [9.17, 15) is 9.90 Å². The maximum atomic E-state index is 11.8. The van der Waals surface area contributed by atoms with E-state index in [0.29, 0.717) is 31.0 Å². The van der Waals surface area contributed by atoms with Crippen molar-refractivity contribution in [2.45, 2.75) is 26.7 Å². The smallest absolute Gasteiger partial charge is 0.257 e. The van der Waals surface area contributed by atoms with E-state index in [1.807, 2.05) is 50.2 Å². The molecule has 5 nitrogen and oxygen atoms in total. The summed E-state index contributed by atoms with van der Waals surface area (Å²) in [5, 5.41) is 13.0. The Morgan fingerprint density at radius 1 is 1.16 bits per heavy atom. The van der Waals surface area contributed by atoms with E-state index < -0.39 is 0 Å². The average molecular weight is 342 g/mol. The maximum absolute atomic E-state index is 11.8. The summed E-state index contributed by atoms with van der Waals surface area (Å²) < 4.78 is 5.83. The van der Waals surface area contributed by atoms with Crippen LogP contribution in [0.1, 0.15) is 29.2 Å². The minimum Gasteiger partial charge on any atom is -0.507 e. The molecule has 1 amide bonds. The number of ether oxygens (including phenoxy) is 1. The second-order valence-electron chi connectivity index (χ2n) is 5.95. The molecule has 5 heteroatoms. The van der Waals surface area contributed by atoms with Gasteiger partial charge in [-0.2, -0.15) is 0 Å². The van der Waals surface area contributed by atoms with Gasteiger partial charge in [0.1, 0.15) is 11.5 Å². The topological polar surface area (TPSA) is 84.6 Å². The molecule has 0 aliphatic rings. The normalized spacial score (nSPS) is 10.5. The largest absolute Gasteiger partial charge is 0.507 e. The lowest BCUT2D eigenvalue weighted by atomic mass is 9.98. The highest BCUT2D eigenvalue weighted by molar-refractivity contribution is 5.77. The third-order valence-corrected chi connectivity index (χ3v) is 4.08. The summed E-state index contributed by atoms with van der Waals surface area (Å²) in [6, 6.07) is 11.6. The second-order valence-corrected chi connectivity index (χ2v) is 5.95. The van der Waals surface area contributed by atoms with E-state index in [1.54, 1.807) is 0 Å². The van der Waals surface area contributed by atoms with E-state index in [1.165, 1.54) is 0 Å². The van der Waals surface area contributed by atoms with Crippen molar-refractivity contribution in [1.82, 2.24) is 5.32 Å². The molecule has 0 heterocycles. The molecular weight excluding hydrogens is 316 g/mol. The van der Waals surface area contributed by atoms with Crippen LogP contribution in [-0.4, -0.2) is 30.7 Å². The number of phenolic OH excluding ortho intramolecular Hbond substituents is 1. The Balaban J connectivity index is 2.23. The van der Waals surface area contributed by atoms with Crippen molar-refractivity contribution in [2.24, 2.45) is 5.73 Å². The molecule has 0 spiro atoms. The van der Waals surface area contributed by atoms with E-state index >= 15 is 0 Å². The van der Waals surface area contributed by atoms with Crippen molar-refractivity contribution in [1.29, 1.82) is 0 Å². The van der Waals surface area contributed by atoms with Crippen LogP contribution in [0.3, 0.4) is 0 Å². The van der Waals surface area contributed by atoms with Gasteiger partial charge in [0.2, 0.25) is 0 Å². The molecule has 0 saturated carbocycles. The van der Waals surface area contributed by atoms with Crippen LogP contribution in [0.4, 0.5) is 0 Å². The monoisotopic (exact) mass is 342 g/mol. The molecule has 0 bridgehead atoms. The van der Waals surface area contributed by atoms with Gasteiger partial charge in [-0.15, -0.1) is 0 Å². The Morgan fingerprint density at radius 3 is 2.56 bits per heavy atom. The van der Waals surface area contributed by atoms with Gasteiger partial charge in [0.15, 0.2) is 6.61 Å². The molecule has 134 valence electrons. The van der Waals surface area contributed by atoms with Gasteiger partial charge in [0.25, 0.3) is 5.91 Å². The van der Waals surface area contributed by atoms with Crippen molar-refractivity contribution >= 4 is 5.91 Å². The quantitative estimate of drug-likeness (QED) is 0.687. The third kappa shape index (κ3) is 4.97. The Bertz CT molecular complexity index is 729. The summed E-state index contributed by atoms with van der Waals surface area (Å²) in [7, 11) is 0. The van der Waals surface area contributed by atoms with Gasteiger partial charge in [-0.1, -0.05) is 43.3 Å². The van der Waals surface area contributed by atoms with Gasteiger partial charge in [0, 0.05) is 19.5 Å². The molecule has 2 aromatic rings. The van der Waals surface area contributed by atoms with Crippen molar-refractivity contribution in [3.8, 4) is 11.5 Å². The maximum Gasteiger partial charge on any atom is 0.257 e. The number of hydrogen-bond acceptors (Lipinski definition) is 4. The average Bonchev–Trinajstić information content (AvgIpc) is 2.62. The summed E-state index contributed by atoms with van der Waals surface area (Å²) in [5.74, 6) is 0.825. The van der Waals surface area contributed by atoms with Gasteiger partial charge in [-0.3, -0.25) is 4.79 Å². The molecule has 0 atom stereocenters. The number of nitrogens with one attached hydrogen (secondary N) is 1. The summed E-state index contributed by atoms with van der Waals surface area (Å²) in [6.07, 6.45) is 1.34. The fourth-order valence-electron chi connectivity index (χ4n) is 2.71. The first kappa shape index (κ1) is 18.8. The highest BCUT2D eigenvalue weighted by Gasteiger charge is 2.13. The predicted molar refractivity (Wildman–Crippen MR) is 99.0 cm³/mol. The van der Waals surface area contributed by atoms with Gasteiger partial charge in [-0.25, -0.2) is 0 Å². The van der Waals surface area contributed by atoms with E-state index in [0.717, 1.165) is 28.7 Å². The molecular formula is C20H26N2O3. The number of rotatable bonds is 8. The molecule has 0 saturated heterocycles. The molecule has 0 unspecified atom stereocenters. The lowest BCUT2D eigenvalue weighted by molar-refractivity contribution is -0.123. The number of hydrogen-bond donors (Lipinski definition) is 3. The number of aromatic hydroxyl groups is 1. The first-order valence-corrected chi connectivity index (χ1v) is 8.54. The zero-order chi connectivity index (χ0) is 18.2. The molecule has 0 aliphatic heterocycles. The summed E-state index contributed by atoms with van der Waals surface area (Å²) in [6.45, 7) is 4.70. The van der Waals surface area contributed by atoms with Gasteiger partial charge in [0.05, 0.1) is 0 Å². The zero-order valence-electron chi connectivity index (χ0n) is 14.8. The Morgan fingerprint density at radius 2 is 1.84 bits per heavy atom. The van der Waals surface area contributed by atoms with Gasteiger partial charge in [-0.05, 0) is 35.6 Å². The summed E-state index contributed by atoms with van der Waals surface area (Å²) in [4.78, 5) is 11.8. The van der Waals surface area contributed by atoms with E-state index in [4.69, 9.17) is 10.5 Å². The summed E-state index contributed by atoms with van der Waals surface area (Å²) in [5.41, 5.74) is 9.06. The third-order valence-electron chi connectivity index (χ3n) is 4.08. The van der Waals surface area contributed by atoms with Crippen LogP contribution in [0.5, 0.6) is 11.5 Å². The van der Waals surface area contributed by atoms with E-state index in [-0.39, 0.29) is 12.5 Å². The Kier molecular flexibility index (Phi) is 6.83. The van der Waals surface area contributed by atoms with Crippen molar-refractivity contribution in [3.05, 3.63) is 58.7 Å². The molecule has 4 N–H and O–H groups in total. The Labute approximate surface area is 148 Å². The predicted octanol–water partition coefficient (Wildman–Crippen LogP) is 2.31. The molecule has 0 aromatic heterocycles.